The normalized spacial score (nSPS) is 31.9. The first-order chi connectivity index (χ1) is 17.3. The number of nitrogens with two attached hydrogens (primary N) is 1. The van der Waals surface area contributed by atoms with Crippen molar-refractivity contribution in [1.82, 2.24) is 15.5 Å². The molecule has 5 rings (SSSR count). The van der Waals surface area contributed by atoms with Gasteiger partial charge in [0.05, 0.1) is 17.1 Å². The van der Waals surface area contributed by atoms with E-state index in [0.717, 1.165) is 36.9 Å². The predicted molar refractivity (Wildman–Crippen MR) is 132 cm³/mol. The van der Waals surface area contributed by atoms with Crippen LogP contribution in [0.3, 0.4) is 0 Å². The van der Waals surface area contributed by atoms with Gasteiger partial charge >= 0.3 is 0 Å². The molecule has 1 spiro atoms. The molecule has 36 heavy (non-hydrogen) atoms. The summed E-state index contributed by atoms with van der Waals surface area (Å²) < 4.78 is 11.7. The van der Waals surface area contributed by atoms with Gasteiger partial charge in [-0.3, -0.25) is 9.59 Å². The molecule has 1 aromatic rings. The molecule has 1 unspecified atom stereocenters. The molecule has 1 aromatic carbocycles. The lowest BCUT2D eigenvalue weighted by molar-refractivity contribution is -0.187. The Hall–Kier alpha value is -2.40. The van der Waals surface area contributed by atoms with E-state index in [0.29, 0.717) is 44.5 Å². The van der Waals surface area contributed by atoms with E-state index in [1.54, 1.807) is 6.07 Å². The minimum absolute atomic E-state index is 0.0471. The van der Waals surface area contributed by atoms with Crippen molar-refractivity contribution in [2.24, 2.45) is 5.73 Å². The molecule has 1 saturated carbocycles. The van der Waals surface area contributed by atoms with Crippen LogP contribution in [0.25, 0.3) is 0 Å². The van der Waals surface area contributed by atoms with Crippen molar-refractivity contribution >= 4 is 11.8 Å². The molecule has 1 saturated heterocycles. The van der Waals surface area contributed by atoms with Crippen molar-refractivity contribution in [3.63, 3.8) is 0 Å². The largest absolute Gasteiger partial charge is 0.504 e. The number of carbonyl (C=O) groups excluding carboxylic acids is 2. The van der Waals surface area contributed by atoms with Crippen molar-refractivity contribution in [2.45, 2.75) is 74.1 Å². The number of carbonyl (C=O) groups is 2. The Labute approximate surface area is 211 Å². The second-order valence-corrected chi connectivity index (χ2v) is 10.7. The maximum Gasteiger partial charge on any atom is 0.246 e. The van der Waals surface area contributed by atoms with Crippen LogP contribution in [0.1, 0.15) is 49.7 Å². The Morgan fingerprint density at radius 3 is 2.83 bits per heavy atom. The highest BCUT2D eigenvalue weighted by Gasteiger charge is 2.72. The summed E-state index contributed by atoms with van der Waals surface area (Å²) in [6.45, 7) is 1.58. The number of aliphatic hydroxyl groups is 1. The number of unbranched alkanes of at least 4 members (excludes halogenated alkanes) is 2. The number of hydrogen-bond donors (Lipinski definition) is 5. The second kappa shape index (κ2) is 9.81. The van der Waals surface area contributed by atoms with E-state index < -0.39 is 17.1 Å². The third-order valence-corrected chi connectivity index (χ3v) is 8.75. The van der Waals surface area contributed by atoms with Crippen molar-refractivity contribution in [3.05, 3.63) is 23.3 Å². The van der Waals surface area contributed by atoms with Gasteiger partial charge in [-0.15, -0.1) is 0 Å². The average Bonchev–Trinajstić information content (AvgIpc) is 3.21. The fourth-order valence-corrected chi connectivity index (χ4v) is 7.11. The van der Waals surface area contributed by atoms with Crippen molar-refractivity contribution in [2.75, 3.05) is 39.9 Å². The summed E-state index contributed by atoms with van der Waals surface area (Å²) in [5.41, 5.74) is 5.78. The number of amides is 2. The Kier molecular flexibility index (Phi) is 6.88. The first-order valence-electron chi connectivity index (χ1n) is 13.1. The second-order valence-electron chi connectivity index (χ2n) is 10.7. The van der Waals surface area contributed by atoms with Gasteiger partial charge in [-0.25, -0.2) is 0 Å². The number of nitrogens with one attached hydrogen (secondary N) is 2. The molecule has 6 N–H and O–H groups in total. The summed E-state index contributed by atoms with van der Waals surface area (Å²) in [4.78, 5) is 26.9. The van der Waals surface area contributed by atoms with Gasteiger partial charge in [0.15, 0.2) is 11.5 Å². The van der Waals surface area contributed by atoms with Gasteiger partial charge in [-0.2, -0.15) is 0 Å². The number of piperidine rings is 1. The molecule has 2 amide bonds. The van der Waals surface area contributed by atoms with Crippen LogP contribution in [-0.4, -0.2) is 90.6 Å². The van der Waals surface area contributed by atoms with Gasteiger partial charge < -0.3 is 41.0 Å². The van der Waals surface area contributed by atoms with Crippen LogP contribution in [0.4, 0.5) is 0 Å². The first kappa shape index (κ1) is 25.3. The van der Waals surface area contributed by atoms with Crippen LogP contribution in [0.15, 0.2) is 12.1 Å². The molecule has 10 heteroatoms. The van der Waals surface area contributed by atoms with Gasteiger partial charge in [0.1, 0.15) is 19.3 Å². The summed E-state index contributed by atoms with van der Waals surface area (Å²) in [6.07, 6.45) is 4.71. The number of benzene rings is 1. The maximum atomic E-state index is 12.8. The Bertz CT molecular complexity index is 1020. The molecule has 5 atom stereocenters. The van der Waals surface area contributed by atoms with E-state index in [9.17, 15) is 19.8 Å². The lowest BCUT2D eigenvalue weighted by Crippen LogP contribution is -2.77. The van der Waals surface area contributed by atoms with Crippen LogP contribution < -0.4 is 21.1 Å². The molecule has 0 aromatic heterocycles. The van der Waals surface area contributed by atoms with Crippen molar-refractivity contribution < 1.29 is 29.3 Å². The highest BCUT2D eigenvalue weighted by Crippen LogP contribution is 2.65. The van der Waals surface area contributed by atoms with Gasteiger partial charge in [0.2, 0.25) is 11.8 Å². The zero-order valence-corrected chi connectivity index (χ0v) is 20.9. The lowest BCUT2D eigenvalue weighted by atomic mass is 9.48. The molecule has 10 nitrogen and oxygen atoms in total. The molecule has 4 aliphatic rings. The van der Waals surface area contributed by atoms with Gasteiger partial charge in [-0.05, 0) is 70.3 Å². The predicted octanol–water partition coefficient (Wildman–Crippen LogP) is -0.0773. The highest BCUT2D eigenvalue weighted by atomic mass is 16.5. The van der Waals surface area contributed by atoms with Crippen LogP contribution in [-0.2, 0) is 26.2 Å². The van der Waals surface area contributed by atoms with Crippen LogP contribution >= 0.6 is 0 Å². The molecule has 198 valence electrons. The molecule has 2 heterocycles. The number of ether oxygens (including phenoxy) is 2. The molecule has 2 aliphatic heterocycles. The quantitative estimate of drug-likeness (QED) is 0.279. The molecule has 2 fully saturated rings. The van der Waals surface area contributed by atoms with E-state index in [-0.39, 0.29) is 42.9 Å². The zero-order valence-electron chi connectivity index (χ0n) is 20.9. The highest BCUT2D eigenvalue weighted by molar-refractivity contribution is 5.80. The summed E-state index contributed by atoms with van der Waals surface area (Å²) in [7, 11) is 2.05. The Balaban J connectivity index is 1.24. The molecular formula is C26H38N4O6. The number of nitrogens with zero attached hydrogens (tertiary/aromatic N) is 1. The van der Waals surface area contributed by atoms with Crippen LogP contribution in [0, 0.1) is 0 Å². The van der Waals surface area contributed by atoms with E-state index in [1.807, 2.05) is 13.1 Å². The average molecular weight is 503 g/mol. The Morgan fingerprint density at radius 1 is 1.22 bits per heavy atom. The number of hydrogen-bond acceptors (Lipinski definition) is 8. The number of phenols is 1. The molecule has 2 bridgehead atoms. The van der Waals surface area contributed by atoms with E-state index in [2.05, 4.69) is 15.5 Å². The van der Waals surface area contributed by atoms with Crippen LogP contribution in [0.2, 0.25) is 0 Å². The number of phenolic OH excluding ortho intramolecular Hbond substituents is 1. The summed E-state index contributed by atoms with van der Waals surface area (Å²) in [6, 6.07) is 3.20. The van der Waals surface area contributed by atoms with Gasteiger partial charge in [0, 0.05) is 18.2 Å². The SMILES string of the molecule is CN1CC[C@]23c4c5ccc(O)c4O[C@H]2[C@@H](NC(=O)COCC(=O)NCCCCCN)CC[C@@]3(O)C1C5. The number of likely N-dealkylation sites (tertiary alicyclic amines) is 1. The summed E-state index contributed by atoms with van der Waals surface area (Å²) in [5, 5.41) is 28.6. The van der Waals surface area contributed by atoms with E-state index in [4.69, 9.17) is 15.2 Å². The fourth-order valence-electron chi connectivity index (χ4n) is 7.11. The zero-order chi connectivity index (χ0) is 25.5. The summed E-state index contributed by atoms with van der Waals surface area (Å²) in [5.74, 6) is -0.0737. The third kappa shape index (κ3) is 3.95. The topological polar surface area (TPSA) is 146 Å². The molecule has 0 radical (unpaired) electrons. The van der Waals surface area contributed by atoms with Crippen molar-refractivity contribution in [3.8, 4) is 11.5 Å². The smallest absolute Gasteiger partial charge is 0.246 e. The summed E-state index contributed by atoms with van der Waals surface area (Å²) >= 11 is 0. The molecule has 2 aliphatic carbocycles. The van der Waals surface area contributed by atoms with Crippen LogP contribution in [0.5, 0.6) is 11.5 Å². The lowest BCUT2D eigenvalue weighted by Gasteiger charge is -2.63. The van der Waals surface area contributed by atoms with E-state index in [1.165, 1.54) is 0 Å². The standard InChI is InChI=1S/C26H38N4O6/c1-30-12-9-25-22-16-5-6-18(31)23(22)36-24(25)17(7-8-26(25,34)19(30)13-16)29-21(33)15-35-14-20(32)28-11-4-2-3-10-27/h5-6,17,19,24,31,34H,2-4,7-15,27H2,1H3,(H,28,32)(H,29,33)/t17-,19?,24-,25-,26+/m0/s1. The maximum absolute atomic E-state index is 12.8. The minimum Gasteiger partial charge on any atom is -0.504 e. The van der Waals surface area contributed by atoms with Gasteiger partial charge in [-0.1, -0.05) is 12.5 Å². The Morgan fingerprint density at radius 2 is 2.03 bits per heavy atom. The number of aromatic hydroxyl groups is 1. The minimum atomic E-state index is -1.00. The van der Waals surface area contributed by atoms with Crippen molar-refractivity contribution in [1.29, 1.82) is 0 Å². The number of likely N-dealkylation sites (N-methyl/N-ethyl adjacent to an activating group) is 1. The third-order valence-electron chi connectivity index (χ3n) is 8.75. The molecular weight excluding hydrogens is 464 g/mol. The first-order valence-corrected chi connectivity index (χ1v) is 13.1. The fraction of sp³-hybridized carbons (Fsp3) is 0.692. The number of rotatable bonds is 10. The van der Waals surface area contributed by atoms with Gasteiger partial charge in [0.25, 0.3) is 0 Å². The van der Waals surface area contributed by atoms with E-state index >= 15 is 0 Å². The monoisotopic (exact) mass is 502 g/mol.